The lowest BCUT2D eigenvalue weighted by molar-refractivity contribution is -0.0921. The molecule has 0 bridgehead atoms. The molecule has 5 rings (SSSR count). The molecule has 2 heterocycles. The lowest BCUT2D eigenvalue weighted by Gasteiger charge is -2.48. The first-order chi connectivity index (χ1) is 19.4. The van der Waals surface area contributed by atoms with Crippen LogP contribution in [0.25, 0.3) is 11.1 Å². The number of anilines is 1. The Labute approximate surface area is 235 Å². The normalized spacial score (nSPS) is 17.1. The Morgan fingerprint density at radius 3 is 2.15 bits per heavy atom. The van der Waals surface area contributed by atoms with Gasteiger partial charge in [0.15, 0.2) is 0 Å². The first-order valence-electron chi connectivity index (χ1n) is 14.0. The third-order valence-electron chi connectivity index (χ3n) is 7.76. The fraction of sp³-hybridized carbons (Fsp3) is 0.406. The number of carboxylic acid groups (broad SMARTS) is 1. The number of ether oxygens (including phenoxy) is 3. The van der Waals surface area contributed by atoms with E-state index in [0.29, 0.717) is 25.4 Å². The number of nitrogens with zero attached hydrogens (tertiary/aromatic N) is 2. The first-order valence-corrected chi connectivity index (χ1v) is 14.0. The second-order valence-electron chi connectivity index (χ2n) is 10.4. The Morgan fingerprint density at radius 2 is 1.57 bits per heavy atom. The molecule has 2 aliphatic heterocycles. The Balaban J connectivity index is 1.28. The Hall–Kier alpha value is -3.62. The van der Waals surface area contributed by atoms with Gasteiger partial charge in [-0.25, -0.2) is 9.18 Å². The summed E-state index contributed by atoms with van der Waals surface area (Å²) < 4.78 is 32.1. The van der Waals surface area contributed by atoms with Crippen LogP contribution in [0.2, 0.25) is 0 Å². The predicted octanol–water partition coefficient (Wildman–Crippen LogP) is 5.86. The van der Waals surface area contributed by atoms with Crippen LogP contribution in [0.3, 0.4) is 0 Å². The van der Waals surface area contributed by atoms with Gasteiger partial charge in [0.05, 0.1) is 36.5 Å². The molecule has 2 fully saturated rings. The molecule has 0 unspecified atom stereocenters. The fourth-order valence-electron chi connectivity index (χ4n) is 5.73. The molecule has 3 aromatic rings. The number of hydrogen-bond acceptors (Lipinski definition) is 6. The van der Waals surface area contributed by atoms with Gasteiger partial charge in [-0.1, -0.05) is 12.1 Å². The quantitative estimate of drug-likeness (QED) is 0.359. The van der Waals surface area contributed by atoms with Crippen molar-refractivity contribution in [2.24, 2.45) is 0 Å². The average molecular weight is 549 g/mol. The second-order valence-corrected chi connectivity index (χ2v) is 10.4. The maximum Gasteiger partial charge on any atom is 0.335 e. The lowest BCUT2D eigenvalue weighted by atomic mass is 9.88. The van der Waals surface area contributed by atoms with Crippen molar-refractivity contribution in [3.63, 3.8) is 0 Å². The second kappa shape index (κ2) is 12.3. The van der Waals surface area contributed by atoms with E-state index in [1.54, 1.807) is 24.3 Å². The maximum absolute atomic E-state index is 13.6. The highest BCUT2D eigenvalue weighted by Crippen LogP contribution is 2.41. The molecule has 0 radical (unpaired) electrons. The van der Waals surface area contributed by atoms with Gasteiger partial charge < -0.3 is 24.2 Å². The summed E-state index contributed by atoms with van der Waals surface area (Å²) in [6, 6.07) is 17.7. The largest absolute Gasteiger partial charge is 0.493 e. The number of carbonyl (C=O) groups is 1. The fourth-order valence-corrected chi connectivity index (χ4v) is 5.73. The molecule has 8 heteroatoms. The number of piperidine rings is 1. The summed E-state index contributed by atoms with van der Waals surface area (Å²) in [7, 11) is 0. The van der Waals surface area contributed by atoms with Gasteiger partial charge in [0, 0.05) is 38.4 Å². The molecule has 3 aromatic carbocycles. The maximum atomic E-state index is 13.6. The van der Waals surface area contributed by atoms with Crippen LogP contribution in [-0.2, 0) is 11.3 Å². The molecule has 0 saturated carbocycles. The van der Waals surface area contributed by atoms with Crippen LogP contribution in [0.1, 0.15) is 42.6 Å². The number of carboxylic acids is 1. The molecule has 0 aromatic heterocycles. The van der Waals surface area contributed by atoms with Crippen molar-refractivity contribution < 1.29 is 28.5 Å². The van der Waals surface area contributed by atoms with E-state index in [2.05, 4.69) is 21.9 Å². The molecule has 0 atom stereocenters. The Kier molecular flexibility index (Phi) is 8.57. The van der Waals surface area contributed by atoms with Gasteiger partial charge in [-0.2, -0.15) is 0 Å². The Morgan fingerprint density at radius 1 is 0.950 bits per heavy atom. The lowest BCUT2D eigenvalue weighted by Crippen LogP contribution is -2.56. The SMILES string of the molecule is CCOc1cc(CN2CCC3(CC2)CN(c2ccc(C(=O)O)cc2)CCO3)cc(OCC)c1-c1ccc(F)cc1. The topological polar surface area (TPSA) is 71.5 Å². The van der Waals surface area contributed by atoms with Crippen LogP contribution in [0.4, 0.5) is 10.1 Å². The summed E-state index contributed by atoms with van der Waals surface area (Å²) >= 11 is 0. The summed E-state index contributed by atoms with van der Waals surface area (Å²) in [5.74, 6) is 0.289. The number of benzene rings is 3. The Bertz CT molecular complexity index is 1280. The highest BCUT2D eigenvalue weighted by molar-refractivity contribution is 5.88. The zero-order chi connectivity index (χ0) is 28.1. The van der Waals surface area contributed by atoms with E-state index in [-0.39, 0.29) is 11.4 Å². The van der Waals surface area contributed by atoms with Crippen molar-refractivity contribution in [2.75, 3.05) is 50.9 Å². The minimum atomic E-state index is -0.913. The number of likely N-dealkylation sites (tertiary alicyclic amines) is 1. The van der Waals surface area contributed by atoms with Crippen molar-refractivity contribution in [2.45, 2.75) is 38.8 Å². The van der Waals surface area contributed by atoms with Crippen LogP contribution in [0.5, 0.6) is 11.5 Å². The van der Waals surface area contributed by atoms with Gasteiger partial charge in [-0.05, 0) is 86.3 Å². The van der Waals surface area contributed by atoms with E-state index in [1.807, 2.05) is 26.0 Å². The molecule has 7 nitrogen and oxygen atoms in total. The van der Waals surface area contributed by atoms with E-state index in [4.69, 9.17) is 14.2 Å². The zero-order valence-corrected chi connectivity index (χ0v) is 23.2. The van der Waals surface area contributed by atoms with Crippen molar-refractivity contribution in [3.8, 4) is 22.6 Å². The minimum absolute atomic E-state index is 0.209. The monoisotopic (exact) mass is 548 g/mol. The molecular weight excluding hydrogens is 511 g/mol. The van der Waals surface area contributed by atoms with E-state index in [9.17, 15) is 14.3 Å². The number of halogens is 1. The smallest absolute Gasteiger partial charge is 0.335 e. The molecule has 1 spiro atoms. The molecule has 0 aliphatic carbocycles. The van der Waals surface area contributed by atoms with E-state index in [0.717, 1.165) is 79.4 Å². The van der Waals surface area contributed by atoms with E-state index < -0.39 is 5.97 Å². The third kappa shape index (κ3) is 6.24. The predicted molar refractivity (Wildman–Crippen MR) is 153 cm³/mol. The van der Waals surface area contributed by atoms with Crippen molar-refractivity contribution in [1.29, 1.82) is 0 Å². The van der Waals surface area contributed by atoms with E-state index in [1.165, 1.54) is 12.1 Å². The summed E-state index contributed by atoms with van der Waals surface area (Å²) in [6.45, 7) is 9.76. The number of morpholine rings is 1. The zero-order valence-electron chi connectivity index (χ0n) is 23.2. The molecule has 0 amide bonds. The number of hydrogen-bond donors (Lipinski definition) is 1. The van der Waals surface area contributed by atoms with Gasteiger partial charge in [-0.3, -0.25) is 4.90 Å². The number of rotatable bonds is 9. The molecular formula is C32H37FN2O5. The number of aromatic carboxylic acids is 1. The summed E-state index contributed by atoms with van der Waals surface area (Å²) in [6.07, 6.45) is 1.84. The summed E-state index contributed by atoms with van der Waals surface area (Å²) in [5, 5.41) is 9.21. The molecule has 40 heavy (non-hydrogen) atoms. The molecule has 1 N–H and O–H groups in total. The van der Waals surface area contributed by atoms with Crippen LogP contribution >= 0.6 is 0 Å². The molecule has 2 aliphatic rings. The highest BCUT2D eigenvalue weighted by atomic mass is 19.1. The van der Waals surface area contributed by atoms with Gasteiger partial charge in [0.25, 0.3) is 0 Å². The van der Waals surface area contributed by atoms with Gasteiger partial charge in [-0.15, -0.1) is 0 Å². The van der Waals surface area contributed by atoms with Crippen molar-refractivity contribution >= 4 is 11.7 Å². The average Bonchev–Trinajstić information content (AvgIpc) is 2.96. The van der Waals surface area contributed by atoms with Crippen LogP contribution in [0, 0.1) is 5.82 Å². The first kappa shape index (κ1) is 27.9. The summed E-state index contributed by atoms with van der Waals surface area (Å²) in [5.41, 5.74) is 3.93. The van der Waals surface area contributed by atoms with Crippen LogP contribution in [0.15, 0.2) is 60.7 Å². The minimum Gasteiger partial charge on any atom is -0.493 e. The standard InChI is InChI=1S/C32H37FN2O5/c1-3-38-28-19-23(20-29(39-4-2)30(28)24-5-9-26(33)10-6-24)21-34-15-13-32(14-16-34)22-35(17-18-40-32)27-11-7-25(8-12-27)31(36)37/h5-12,19-20H,3-4,13-18,21-22H2,1-2H3,(H,36,37). The van der Waals surface area contributed by atoms with Crippen molar-refractivity contribution in [3.05, 3.63) is 77.6 Å². The van der Waals surface area contributed by atoms with Gasteiger partial charge in [0.1, 0.15) is 17.3 Å². The van der Waals surface area contributed by atoms with Crippen LogP contribution < -0.4 is 14.4 Å². The van der Waals surface area contributed by atoms with Crippen LogP contribution in [-0.4, -0.2) is 67.6 Å². The molecule has 2 saturated heterocycles. The highest BCUT2D eigenvalue weighted by Gasteiger charge is 2.40. The summed E-state index contributed by atoms with van der Waals surface area (Å²) in [4.78, 5) is 16.0. The van der Waals surface area contributed by atoms with Crippen molar-refractivity contribution in [1.82, 2.24) is 4.90 Å². The van der Waals surface area contributed by atoms with Gasteiger partial charge in [0.2, 0.25) is 0 Å². The van der Waals surface area contributed by atoms with Gasteiger partial charge >= 0.3 is 5.97 Å². The van der Waals surface area contributed by atoms with E-state index >= 15 is 0 Å². The molecule has 212 valence electrons. The third-order valence-corrected chi connectivity index (χ3v) is 7.76.